The summed E-state index contributed by atoms with van der Waals surface area (Å²) < 4.78 is 0. The van der Waals surface area contributed by atoms with Crippen LogP contribution in [-0.2, 0) is 0 Å². The summed E-state index contributed by atoms with van der Waals surface area (Å²) in [5.41, 5.74) is 0. The Kier molecular flexibility index (Phi) is 9.82. The van der Waals surface area contributed by atoms with Gasteiger partial charge in [0, 0.05) is 0 Å². The van der Waals surface area contributed by atoms with Gasteiger partial charge in [-0.25, -0.2) is 0 Å². The van der Waals surface area contributed by atoms with E-state index in [1.54, 1.807) is 0 Å². The average Bonchev–Trinajstić information content (AvgIpc) is 0.811. The Hall–Kier alpha value is 1.18. The molecule has 0 heterocycles. The first-order valence-electron chi connectivity index (χ1n) is 1.41. The standard InChI is InChI=1S/C2H8OSi.Na.H/c1-4(2)3;;/h3-4H,1-2H3;;. The van der Waals surface area contributed by atoms with Crippen molar-refractivity contribution >= 4 is 38.6 Å². The first kappa shape index (κ1) is 9.49. The van der Waals surface area contributed by atoms with Gasteiger partial charge in [-0.2, -0.15) is 0 Å². The van der Waals surface area contributed by atoms with Crippen molar-refractivity contribution in [2.45, 2.75) is 13.1 Å². The third kappa shape index (κ3) is 37.7. The molecule has 0 fully saturated rings. The quantitative estimate of drug-likeness (QED) is 0.400. The van der Waals surface area contributed by atoms with Crippen LogP contribution in [-0.4, -0.2) is 43.4 Å². The van der Waals surface area contributed by atoms with Crippen molar-refractivity contribution < 1.29 is 4.80 Å². The van der Waals surface area contributed by atoms with Crippen LogP contribution < -0.4 is 0 Å². The zero-order valence-electron chi connectivity index (χ0n) is 3.02. The van der Waals surface area contributed by atoms with Crippen LogP contribution in [0.5, 0.6) is 0 Å². The minimum absolute atomic E-state index is 0. The van der Waals surface area contributed by atoms with Gasteiger partial charge in [-0.05, 0) is 13.1 Å². The fourth-order valence-electron chi connectivity index (χ4n) is 0. The molecule has 0 saturated heterocycles. The molecule has 0 unspecified atom stereocenters. The van der Waals surface area contributed by atoms with Crippen molar-refractivity contribution in [3.63, 3.8) is 0 Å². The van der Waals surface area contributed by atoms with Gasteiger partial charge in [0.25, 0.3) is 0 Å². The zero-order valence-corrected chi connectivity index (χ0v) is 4.18. The van der Waals surface area contributed by atoms with Gasteiger partial charge in [0.05, 0.1) is 0 Å². The number of rotatable bonds is 0. The first-order chi connectivity index (χ1) is 1.73. The molecule has 0 spiro atoms. The van der Waals surface area contributed by atoms with Crippen LogP contribution >= 0.6 is 0 Å². The van der Waals surface area contributed by atoms with Gasteiger partial charge >= 0.3 is 29.6 Å². The molecule has 0 aliphatic heterocycles. The Morgan fingerprint density at radius 2 is 1.40 bits per heavy atom. The Labute approximate surface area is 56.4 Å². The summed E-state index contributed by atoms with van der Waals surface area (Å²) in [5.74, 6) is 0. The number of hydrogen-bond acceptors (Lipinski definition) is 1. The third-order valence-corrected chi connectivity index (χ3v) is 0. The van der Waals surface area contributed by atoms with E-state index in [0.717, 1.165) is 0 Å². The molecule has 0 aromatic heterocycles. The molecule has 3 heteroatoms. The van der Waals surface area contributed by atoms with Crippen LogP contribution in [0.3, 0.4) is 0 Å². The van der Waals surface area contributed by atoms with E-state index in [2.05, 4.69) is 0 Å². The van der Waals surface area contributed by atoms with E-state index in [4.69, 9.17) is 4.80 Å². The zero-order chi connectivity index (χ0) is 3.58. The van der Waals surface area contributed by atoms with E-state index in [0.29, 0.717) is 0 Å². The topological polar surface area (TPSA) is 20.2 Å². The van der Waals surface area contributed by atoms with E-state index < -0.39 is 9.04 Å². The molecule has 28 valence electrons. The van der Waals surface area contributed by atoms with Gasteiger partial charge in [-0.15, -0.1) is 0 Å². The van der Waals surface area contributed by atoms with Gasteiger partial charge in [-0.3, -0.25) is 0 Å². The minimum atomic E-state index is -1.14. The van der Waals surface area contributed by atoms with Gasteiger partial charge in [0.2, 0.25) is 0 Å². The molecule has 0 bridgehead atoms. The molecule has 0 aliphatic rings. The molecular formula is C2H9NaOSi. The Bertz CT molecular complexity index is 14.4. The molecule has 0 aliphatic carbocycles. The van der Waals surface area contributed by atoms with Crippen molar-refractivity contribution in [2.75, 3.05) is 0 Å². The SMILES string of the molecule is C[SiH](C)O.[NaH]. The van der Waals surface area contributed by atoms with Crippen molar-refractivity contribution in [1.29, 1.82) is 0 Å². The Morgan fingerprint density at radius 1 is 1.40 bits per heavy atom. The Morgan fingerprint density at radius 3 is 1.40 bits per heavy atom. The molecular weight excluding hydrogens is 91.1 g/mol. The van der Waals surface area contributed by atoms with Gasteiger partial charge in [0.15, 0.2) is 9.04 Å². The average molecular weight is 100 g/mol. The molecule has 1 nitrogen and oxygen atoms in total. The fraction of sp³-hybridized carbons (Fsp3) is 1.00. The molecule has 0 amide bonds. The molecule has 0 radical (unpaired) electrons. The molecule has 0 atom stereocenters. The Balaban J connectivity index is 0. The third-order valence-electron chi connectivity index (χ3n) is 0. The second kappa shape index (κ2) is 5.18. The monoisotopic (exact) mass is 100 g/mol. The fourth-order valence-corrected chi connectivity index (χ4v) is 0. The van der Waals surface area contributed by atoms with Crippen molar-refractivity contribution in [3.05, 3.63) is 0 Å². The van der Waals surface area contributed by atoms with Gasteiger partial charge in [-0.1, -0.05) is 0 Å². The maximum absolute atomic E-state index is 8.19. The van der Waals surface area contributed by atoms with Crippen molar-refractivity contribution in [1.82, 2.24) is 0 Å². The number of hydrogen-bond donors (Lipinski definition) is 1. The summed E-state index contributed by atoms with van der Waals surface area (Å²) in [4.78, 5) is 8.19. The normalized spacial score (nSPS) is 7.20. The molecule has 5 heavy (non-hydrogen) atoms. The predicted molar refractivity (Wildman–Crippen MR) is 28.2 cm³/mol. The predicted octanol–water partition coefficient (Wildman–Crippen LogP) is -0.686. The van der Waals surface area contributed by atoms with E-state index in [9.17, 15) is 0 Å². The van der Waals surface area contributed by atoms with Crippen LogP contribution in [0.25, 0.3) is 0 Å². The molecule has 0 rings (SSSR count). The summed E-state index contributed by atoms with van der Waals surface area (Å²) in [6.07, 6.45) is 0. The molecule has 0 aromatic rings. The second-order valence-corrected chi connectivity index (χ2v) is 3.28. The van der Waals surface area contributed by atoms with Crippen LogP contribution in [0, 0.1) is 0 Å². The van der Waals surface area contributed by atoms with Gasteiger partial charge in [0.1, 0.15) is 0 Å². The molecule has 0 saturated carbocycles. The molecule has 0 aromatic carbocycles. The van der Waals surface area contributed by atoms with Crippen LogP contribution in [0.2, 0.25) is 13.1 Å². The molecule has 1 N–H and O–H groups in total. The summed E-state index contributed by atoms with van der Waals surface area (Å²) in [6, 6.07) is 0. The van der Waals surface area contributed by atoms with Gasteiger partial charge < -0.3 is 4.80 Å². The van der Waals surface area contributed by atoms with E-state index >= 15 is 0 Å². The van der Waals surface area contributed by atoms with E-state index in [-0.39, 0.29) is 29.6 Å². The summed E-state index contributed by atoms with van der Waals surface area (Å²) >= 11 is 0. The van der Waals surface area contributed by atoms with Crippen molar-refractivity contribution in [2.24, 2.45) is 0 Å². The van der Waals surface area contributed by atoms with Crippen LogP contribution in [0.1, 0.15) is 0 Å². The van der Waals surface area contributed by atoms with E-state index in [1.165, 1.54) is 0 Å². The maximum atomic E-state index is 8.19. The summed E-state index contributed by atoms with van der Waals surface area (Å²) in [7, 11) is -1.14. The summed E-state index contributed by atoms with van der Waals surface area (Å²) in [5, 5.41) is 0. The van der Waals surface area contributed by atoms with Crippen LogP contribution in [0.4, 0.5) is 0 Å². The van der Waals surface area contributed by atoms with E-state index in [1.807, 2.05) is 13.1 Å². The van der Waals surface area contributed by atoms with Crippen molar-refractivity contribution in [3.8, 4) is 0 Å². The first-order valence-corrected chi connectivity index (χ1v) is 4.24. The van der Waals surface area contributed by atoms with Crippen LogP contribution in [0.15, 0.2) is 0 Å². The second-order valence-electron chi connectivity index (χ2n) is 1.09. The summed E-state index contributed by atoms with van der Waals surface area (Å²) in [6.45, 7) is 3.72.